The number of nitrogens with zero attached hydrogens (tertiary/aromatic N) is 4. The molecular weight excluding hydrogens is 216 g/mol. The third-order valence-corrected chi connectivity index (χ3v) is 2.53. The highest BCUT2D eigenvalue weighted by molar-refractivity contribution is 5.53. The Labute approximate surface area is 97.8 Å². The monoisotopic (exact) mass is 226 g/mol. The summed E-state index contributed by atoms with van der Waals surface area (Å²) in [6, 6.07) is 9.86. The van der Waals surface area contributed by atoms with Crippen molar-refractivity contribution in [1.29, 1.82) is 0 Å². The van der Waals surface area contributed by atoms with Gasteiger partial charge in [-0.25, -0.2) is 4.98 Å². The van der Waals surface area contributed by atoms with E-state index in [0.29, 0.717) is 11.6 Å². The fraction of sp³-hybridized carbons (Fsp3) is 0.0833. The maximum absolute atomic E-state index is 5.34. The SMILES string of the molecule is Cc1ncoc1-c1nncn1-c1ccccc1. The van der Waals surface area contributed by atoms with Gasteiger partial charge in [0.15, 0.2) is 12.2 Å². The predicted octanol–water partition coefficient (Wildman–Crippen LogP) is 2.23. The van der Waals surface area contributed by atoms with Crippen LogP contribution in [0.25, 0.3) is 17.3 Å². The first kappa shape index (κ1) is 9.77. The van der Waals surface area contributed by atoms with Crippen molar-refractivity contribution < 1.29 is 4.42 Å². The van der Waals surface area contributed by atoms with Crippen molar-refractivity contribution in [2.75, 3.05) is 0 Å². The highest BCUT2D eigenvalue weighted by Gasteiger charge is 2.14. The molecule has 0 spiro atoms. The van der Waals surface area contributed by atoms with E-state index >= 15 is 0 Å². The molecule has 0 bridgehead atoms. The molecule has 0 atom stereocenters. The number of hydrogen-bond acceptors (Lipinski definition) is 4. The molecule has 3 aromatic rings. The zero-order valence-electron chi connectivity index (χ0n) is 9.24. The van der Waals surface area contributed by atoms with Gasteiger partial charge in [-0.2, -0.15) is 0 Å². The van der Waals surface area contributed by atoms with Crippen LogP contribution in [0.15, 0.2) is 47.5 Å². The minimum Gasteiger partial charge on any atom is -0.440 e. The van der Waals surface area contributed by atoms with Gasteiger partial charge in [0, 0.05) is 5.69 Å². The van der Waals surface area contributed by atoms with Crippen molar-refractivity contribution in [3.8, 4) is 17.3 Å². The third-order valence-electron chi connectivity index (χ3n) is 2.53. The molecule has 17 heavy (non-hydrogen) atoms. The number of aryl methyl sites for hydroxylation is 1. The zero-order chi connectivity index (χ0) is 11.7. The van der Waals surface area contributed by atoms with Crippen LogP contribution in [0.2, 0.25) is 0 Å². The van der Waals surface area contributed by atoms with Gasteiger partial charge in [-0.1, -0.05) is 18.2 Å². The summed E-state index contributed by atoms with van der Waals surface area (Å²) in [6.07, 6.45) is 3.07. The van der Waals surface area contributed by atoms with Gasteiger partial charge in [0.1, 0.15) is 6.33 Å². The first-order valence-corrected chi connectivity index (χ1v) is 5.22. The van der Waals surface area contributed by atoms with E-state index in [1.807, 2.05) is 41.8 Å². The standard InChI is InChI=1S/C12H10N4O/c1-9-11(17-8-13-9)12-15-14-7-16(12)10-5-3-2-4-6-10/h2-8H,1H3. The average Bonchev–Trinajstić information content (AvgIpc) is 2.98. The van der Waals surface area contributed by atoms with Gasteiger partial charge in [0.25, 0.3) is 0 Å². The molecule has 2 aromatic heterocycles. The molecule has 0 fully saturated rings. The van der Waals surface area contributed by atoms with Crippen LogP contribution in [0.1, 0.15) is 5.69 Å². The van der Waals surface area contributed by atoms with Crippen molar-refractivity contribution in [2.24, 2.45) is 0 Å². The summed E-state index contributed by atoms with van der Waals surface area (Å²) in [5.74, 6) is 1.30. The number of aromatic nitrogens is 4. The molecule has 0 amide bonds. The van der Waals surface area contributed by atoms with Gasteiger partial charge in [-0.05, 0) is 19.1 Å². The molecule has 84 valence electrons. The number of rotatable bonds is 2. The van der Waals surface area contributed by atoms with Crippen LogP contribution in [0, 0.1) is 6.92 Å². The van der Waals surface area contributed by atoms with Crippen LogP contribution >= 0.6 is 0 Å². The van der Waals surface area contributed by atoms with E-state index in [9.17, 15) is 0 Å². The number of oxazole rings is 1. The summed E-state index contributed by atoms with van der Waals surface area (Å²) >= 11 is 0. The summed E-state index contributed by atoms with van der Waals surface area (Å²) in [7, 11) is 0. The Bertz CT molecular complexity index is 627. The van der Waals surface area contributed by atoms with E-state index in [-0.39, 0.29) is 0 Å². The molecule has 0 aliphatic carbocycles. The first-order valence-electron chi connectivity index (χ1n) is 5.22. The van der Waals surface area contributed by atoms with E-state index in [4.69, 9.17) is 4.42 Å². The number of hydrogen-bond donors (Lipinski definition) is 0. The van der Waals surface area contributed by atoms with Crippen LogP contribution in [-0.2, 0) is 0 Å². The van der Waals surface area contributed by atoms with E-state index in [1.165, 1.54) is 6.39 Å². The lowest BCUT2D eigenvalue weighted by Gasteiger charge is -2.04. The van der Waals surface area contributed by atoms with Crippen LogP contribution in [0.5, 0.6) is 0 Å². The second-order valence-corrected chi connectivity index (χ2v) is 3.63. The number of benzene rings is 1. The molecule has 0 radical (unpaired) electrons. The molecule has 0 saturated heterocycles. The lowest BCUT2D eigenvalue weighted by Crippen LogP contribution is -1.96. The van der Waals surface area contributed by atoms with Crippen molar-refractivity contribution in [2.45, 2.75) is 6.92 Å². The molecule has 2 heterocycles. The molecule has 0 aliphatic heterocycles. The van der Waals surface area contributed by atoms with Crippen LogP contribution in [0.3, 0.4) is 0 Å². The molecular formula is C12H10N4O. The Balaban J connectivity index is 2.16. The largest absolute Gasteiger partial charge is 0.440 e. The maximum atomic E-state index is 5.34. The van der Waals surface area contributed by atoms with Crippen molar-refractivity contribution in [3.05, 3.63) is 48.7 Å². The molecule has 0 N–H and O–H groups in total. The van der Waals surface area contributed by atoms with E-state index in [0.717, 1.165) is 11.4 Å². The van der Waals surface area contributed by atoms with Crippen molar-refractivity contribution in [3.63, 3.8) is 0 Å². The summed E-state index contributed by atoms with van der Waals surface area (Å²) < 4.78 is 7.20. The van der Waals surface area contributed by atoms with Gasteiger partial charge in [-0.15, -0.1) is 10.2 Å². The second-order valence-electron chi connectivity index (χ2n) is 3.63. The smallest absolute Gasteiger partial charge is 0.206 e. The maximum Gasteiger partial charge on any atom is 0.206 e. The molecule has 5 heteroatoms. The summed E-state index contributed by atoms with van der Waals surface area (Å²) in [6.45, 7) is 1.88. The van der Waals surface area contributed by atoms with Crippen LogP contribution < -0.4 is 0 Å². The summed E-state index contributed by atoms with van der Waals surface area (Å²) in [5.41, 5.74) is 1.79. The number of para-hydroxylation sites is 1. The van der Waals surface area contributed by atoms with E-state index in [1.54, 1.807) is 6.33 Å². The Hall–Kier alpha value is -2.43. The Morgan fingerprint density at radius 1 is 1.18 bits per heavy atom. The fourth-order valence-corrected chi connectivity index (χ4v) is 1.68. The predicted molar refractivity (Wildman–Crippen MR) is 61.6 cm³/mol. The molecule has 0 saturated carbocycles. The van der Waals surface area contributed by atoms with Gasteiger partial charge in [0.2, 0.25) is 5.82 Å². The van der Waals surface area contributed by atoms with Crippen LogP contribution in [0.4, 0.5) is 0 Å². The molecule has 1 aromatic carbocycles. The quantitative estimate of drug-likeness (QED) is 0.672. The normalized spacial score (nSPS) is 10.6. The average molecular weight is 226 g/mol. The topological polar surface area (TPSA) is 56.7 Å². The van der Waals surface area contributed by atoms with E-state index in [2.05, 4.69) is 15.2 Å². The molecule has 5 nitrogen and oxygen atoms in total. The van der Waals surface area contributed by atoms with E-state index < -0.39 is 0 Å². The summed E-state index contributed by atoms with van der Waals surface area (Å²) in [5, 5.41) is 8.00. The van der Waals surface area contributed by atoms with Crippen LogP contribution in [-0.4, -0.2) is 19.7 Å². The fourth-order valence-electron chi connectivity index (χ4n) is 1.68. The zero-order valence-corrected chi connectivity index (χ0v) is 9.24. The second kappa shape index (κ2) is 3.86. The minimum absolute atomic E-state index is 0.645. The van der Waals surface area contributed by atoms with Gasteiger partial charge in [-0.3, -0.25) is 4.57 Å². The Kier molecular flexibility index (Phi) is 2.22. The van der Waals surface area contributed by atoms with Gasteiger partial charge in [0.05, 0.1) is 5.69 Å². The molecule has 0 unspecified atom stereocenters. The third kappa shape index (κ3) is 1.61. The van der Waals surface area contributed by atoms with Crippen molar-refractivity contribution in [1.82, 2.24) is 19.7 Å². The highest BCUT2D eigenvalue weighted by atomic mass is 16.3. The first-order chi connectivity index (χ1) is 8.36. The highest BCUT2D eigenvalue weighted by Crippen LogP contribution is 2.22. The lowest BCUT2D eigenvalue weighted by molar-refractivity contribution is 0.565. The lowest BCUT2D eigenvalue weighted by atomic mass is 10.3. The Morgan fingerprint density at radius 3 is 2.71 bits per heavy atom. The van der Waals surface area contributed by atoms with Gasteiger partial charge < -0.3 is 4.42 Å². The molecule has 3 rings (SSSR count). The Morgan fingerprint density at radius 2 is 2.00 bits per heavy atom. The minimum atomic E-state index is 0.645. The molecule has 0 aliphatic rings. The van der Waals surface area contributed by atoms with Gasteiger partial charge >= 0.3 is 0 Å². The summed E-state index contributed by atoms with van der Waals surface area (Å²) in [4.78, 5) is 4.06. The van der Waals surface area contributed by atoms with Crippen molar-refractivity contribution >= 4 is 0 Å².